The van der Waals surface area contributed by atoms with Crippen molar-refractivity contribution < 1.29 is 29.0 Å². The van der Waals surface area contributed by atoms with Gasteiger partial charge in [-0.25, -0.2) is 0 Å². The van der Waals surface area contributed by atoms with E-state index < -0.39 is 29.2 Å². The average Bonchev–Trinajstić information content (AvgIpc) is 2.43. The molecule has 1 N–H and O–H groups in total. The Bertz CT molecular complexity index is 388. The molecule has 2 atom stereocenters. The Morgan fingerprint density at radius 3 is 1.77 bits per heavy atom. The van der Waals surface area contributed by atoms with Gasteiger partial charge in [-0.05, 0) is 47.0 Å². The second kappa shape index (κ2) is 9.43. The summed E-state index contributed by atoms with van der Waals surface area (Å²) in [6.45, 7) is 8.88. The van der Waals surface area contributed by atoms with E-state index in [0.717, 1.165) is 0 Å². The second-order valence-electron chi connectivity index (χ2n) is 5.94. The first kappa shape index (κ1) is 20.4. The zero-order valence-corrected chi connectivity index (χ0v) is 14.2. The molecule has 0 aliphatic carbocycles. The van der Waals surface area contributed by atoms with Gasteiger partial charge in [0, 0.05) is 0 Å². The summed E-state index contributed by atoms with van der Waals surface area (Å²) in [5, 5.41) is 9.24. The predicted octanol–water partition coefficient (Wildman–Crippen LogP) is 2.65. The summed E-state index contributed by atoms with van der Waals surface area (Å²) in [7, 11) is 0. The molecule has 0 saturated heterocycles. The van der Waals surface area contributed by atoms with Gasteiger partial charge in [-0.15, -0.1) is 0 Å². The van der Waals surface area contributed by atoms with Gasteiger partial charge in [0.15, 0.2) is 0 Å². The quantitative estimate of drug-likeness (QED) is 0.623. The van der Waals surface area contributed by atoms with Crippen LogP contribution in [-0.2, 0) is 23.9 Å². The van der Waals surface area contributed by atoms with E-state index in [-0.39, 0.29) is 32.0 Å². The lowest BCUT2D eigenvalue weighted by molar-refractivity contribution is -0.155. The van der Waals surface area contributed by atoms with Crippen LogP contribution in [0.2, 0.25) is 0 Å². The second-order valence-corrected chi connectivity index (χ2v) is 5.94. The molecule has 6 heteroatoms. The van der Waals surface area contributed by atoms with Crippen molar-refractivity contribution in [2.75, 3.05) is 13.2 Å². The first-order valence-electron chi connectivity index (χ1n) is 7.76. The molecular formula is C16H28O6. The number of carboxylic acids is 1. The van der Waals surface area contributed by atoms with Crippen molar-refractivity contribution in [2.24, 2.45) is 17.3 Å². The molecule has 0 bridgehead atoms. The lowest BCUT2D eigenvalue weighted by atomic mass is 9.79. The van der Waals surface area contributed by atoms with E-state index in [2.05, 4.69) is 0 Å². The van der Waals surface area contributed by atoms with Crippen LogP contribution in [-0.4, -0.2) is 36.2 Å². The molecule has 0 aliphatic rings. The SMILES string of the molecule is CCOC(=O)C(CC)CC(CC(C)(C)C(=O)O)C(=O)OCC. The normalized spacial score (nSPS) is 14.0. The maximum atomic E-state index is 12.1. The van der Waals surface area contributed by atoms with Crippen LogP contribution in [0, 0.1) is 17.3 Å². The lowest BCUT2D eigenvalue weighted by Crippen LogP contribution is -2.33. The van der Waals surface area contributed by atoms with E-state index in [1.807, 2.05) is 6.92 Å². The maximum absolute atomic E-state index is 12.1. The average molecular weight is 316 g/mol. The summed E-state index contributed by atoms with van der Waals surface area (Å²) in [6, 6.07) is 0. The molecule has 0 fully saturated rings. The number of hydrogen-bond donors (Lipinski definition) is 1. The highest BCUT2D eigenvalue weighted by molar-refractivity contribution is 5.78. The Kier molecular flexibility index (Phi) is 8.75. The highest BCUT2D eigenvalue weighted by atomic mass is 16.5. The number of carbonyl (C=O) groups excluding carboxylic acids is 2. The minimum absolute atomic E-state index is 0.122. The van der Waals surface area contributed by atoms with Crippen molar-refractivity contribution in [1.82, 2.24) is 0 Å². The standard InChI is InChI=1S/C16H28O6/c1-6-11(13(17)21-7-2)9-12(14(18)22-8-3)10-16(4,5)15(19)20/h11-12H,6-10H2,1-5H3,(H,19,20). The van der Waals surface area contributed by atoms with Gasteiger partial charge in [0.2, 0.25) is 0 Å². The Morgan fingerprint density at radius 1 is 0.955 bits per heavy atom. The van der Waals surface area contributed by atoms with Crippen LogP contribution in [0.15, 0.2) is 0 Å². The third-order valence-electron chi connectivity index (χ3n) is 3.64. The van der Waals surface area contributed by atoms with E-state index in [0.29, 0.717) is 6.42 Å². The van der Waals surface area contributed by atoms with Crippen LogP contribution in [0.5, 0.6) is 0 Å². The van der Waals surface area contributed by atoms with Crippen LogP contribution < -0.4 is 0 Å². The van der Waals surface area contributed by atoms with Crippen LogP contribution in [0.4, 0.5) is 0 Å². The smallest absolute Gasteiger partial charge is 0.309 e. The Balaban J connectivity index is 5.11. The van der Waals surface area contributed by atoms with Crippen molar-refractivity contribution in [3.8, 4) is 0 Å². The van der Waals surface area contributed by atoms with Crippen molar-refractivity contribution in [3.63, 3.8) is 0 Å². The summed E-state index contributed by atoms with van der Waals surface area (Å²) in [6.07, 6.45) is 0.893. The minimum atomic E-state index is -1.07. The highest BCUT2D eigenvalue weighted by Gasteiger charge is 2.36. The molecule has 0 heterocycles. The molecule has 0 radical (unpaired) electrons. The molecule has 128 valence electrons. The summed E-state index contributed by atoms with van der Waals surface area (Å²) in [5.74, 6) is -2.86. The maximum Gasteiger partial charge on any atom is 0.309 e. The Hall–Kier alpha value is -1.59. The first-order chi connectivity index (χ1) is 10.2. The van der Waals surface area contributed by atoms with Crippen molar-refractivity contribution >= 4 is 17.9 Å². The van der Waals surface area contributed by atoms with Gasteiger partial charge < -0.3 is 14.6 Å². The molecule has 0 aromatic rings. The zero-order valence-electron chi connectivity index (χ0n) is 14.2. The number of aliphatic carboxylic acids is 1. The number of rotatable bonds is 10. The number of carboxylic acid groups (broad SMARTS) is 1. The van der Waals surface area contributed by atoms with Crippen LogP contribution in [0.3, 0.4) is 0 Å². The van der Waals surface area contributed by atoms with Gasteiger partial charge in [-0.1, -0.05) is 6.92 Å². The molecule has 0 rings (SSSR count). The third-order valence-corrected chi connectivity index (χ3v) is 3.64. The molecule has 0 amide bonds. The van der Waals surface area contributed by atoms with Crippen molar-refractivity contribution in [2.45, 2.75) is 53.9 Å². The van der Waals surface area contributed by atoms with Gasteiger partial charge in [-0.3, -0.25) is 14.4 Å². The van der Waals surface area contributed by atoms with E-state index >= 15 is 0 Å². The number of hydrogen-bond acceptors (Lipinski definition) is 5. The zero-order chi connectivity index (χ0) is 17.3. The molecule has 22 heavy (non-hydrogen) atoms. The first-order valence-corrected chi connectivity index (χ1v) is 7.76. The summed E-state index contributed by atoms with van der Waals surface area (Å²) >= 11 is 0. The van der Waals surface area contributed by atoms with Crippen LogP contribution >= 0.6 is 0 Å². The van der Waals surface area contributed by atoms with E-state index in [1.54, 1.807) is 27.7 Å². The van der Waals surface area contributed by atoms with Crippen LogP contribution in [0.25, 0.3) is 0 Å². The molecule has 0 aromatic carbocycles. The Morgan fingerprint density at radius 2 is 1.41 bits per heavy atom. The fourth-order valence-electron chi connectivity index (χ4n) is 2.26. The molecule has 2 unspecified atom stereocenters. The molecule has 0 spiro atoms. The van der Waals surface area contributed by atoms with Gasteiger partial charge in [0.1, 0.15) is 0 Å². The highest BCUT2D eigenvalue weighted by Crippen LogP contribution is 2.31. The Labute approximate surface area is 132 Å². The molecule has 0 saturated carbocycles. The third kappa shape index (κ3) is 6.45. The fraction of sp³-hybridized carbons (Fsp3) is 0.812. The molecule has 6 nitrogen and oxygen atoms in total. The molecule has 0 aromatic heterocycles. The van der Waals surface area contributed by atoms with Crippen LogP contribution in [0.1, 0.15) is 53.9 Å². The van der Waals surface area contributed by atoms with Gasteiger partial charge in [-0.2, -0.15) is 0 Å². The van der Waals surface area contributed by atoms with E-state index in [1.165, 1.54) is 0 Å². The summed E-state index contributed by atoms with van der Waals surface area (Å²) in [5.41, 5.74) is -1.07. The monoisotopic (exact) mass is 316 g/mol. The van der Waals surface area contributed by atoms with Crippen molar-refractivity contribution in [1.29, 1.82) is 0 Å². The van der Waals surface area contributed by atoms with E-state index in [4.69, 9.17) is 9.47 Å². The molecule has 0 aliphatic heterocycles. The molecular weight excluding hydrogens is 288 g/mol. The van der Waals surface area contributed by atoms with Gasteiger partial charge in [0.05, 0.1) is 30.5 Å². The fourth-order valence-corrected chi connectivity index (χ4v) is 2.26. The number of carbonyl (C=O) groups is 3. The summed E-state index contributed by atoms with van der Waals surface area (Å²) < 4.78 is 10.0. The van der Waals surface area contributed by atoms with Crippen molar-refractivity contribution in [3.05, 3.63) is 0 Å². The predicted molar refractivity (Wildman–Crippen MR) is 81.2 cm³/mol. The number of esters is 2. The summed E-state index contributed by atoms with van der Waals surface area (Å²) in [4.78, 5) is 35.3. The van der Waals surface area contributed by atoms with Gasteiger partial charge in [0.25, 0.3) is 0 Å². The number of ether oxygens (including phenoxy) is 2. The lowest BCUT2D eigenvalue weighted by Gasteiger charge is -2.26. The van der Waals surface area contributed by atoms with Gasteiger partial charge >= 0.3 is 17.9 Å². The largest absolute Gasteiger partial charge is 0.481 e. The van der Waals surface area contributed by atoms with E-state index in [9.17, 15) is 19.5 Å². The minimum Gasteiger partial charge on any atom is -0.481 e. The topological polar surface area (TPSA) is 89.9 Å².